The highest BCUT2D eigenvalue weighted by molar-refractivity contribution is 6.18. The second-order valence-electron chi connectivity index (χ2n) is 4.42. The van der Waals surface area contributed by atoms with E-state index < -0.39 is 61.3 Å². The van der Waals surface area contributed by atoms with E-state index >= 15 is 0 Å². The van der Waals surface area contributed by atoms with Crippen molar-refractivity contribution in [2.75, 3.05) is 12.5 Å². The monoisotopic (exact) mass is 320 g/mol. The normalized spacial score (nSPS) is 24.3. The van der Waals surface area contributed by atoms with Crippen LogP contribution in [0.25, 0.3) is 0 Å². The van der Waals surface area contributed by atoms with Gasteiger partial charge in [-0.15, -0.1) is 11.6 Å². The van der Waals surface area contributed by atoms with E-state index in [-0.39, 0.29) is 0 Å². The average Bonchev–Trinajstić information content (AvgIpc) is 2.48. The molecule has 9 nitrogen and oxygen atoms in total. The SMILES string of the molecule is OCC(O)C(O)C(O)C(O)C(O)C(O)C(O)C(O)CCl. The number of alkyl halides is 1. The van der Waals surface area contributed by atoms with Crippen molar-refractivity contribution in [2.24, 2.45) is 0 Å². The Labute approximate surface area is 119 Å². The Morgan fingerprint density at radius 3 is 1.15 bits per heavy atom. The maximum atomic E-state index is 9.55. The third-order valence-electron chi connectivity index (χ3n) is 2.88. The van der Waals surface area contributed by atoms with Crippen LogP contribution in [0, 0.1) is 0 Å². The van der Waals surface area contributed by atoms with Gasteiger partial charge in [-0.3, -0.25) is 0 Å². The topological polar surface area (TPSA) is 182 Å². The fraction of sp³-hybridized carbons (Fsp3) is 1.00. The zero-order chi connectivity index (χ0) is 16.0. The van der Waals surface area contributed by atoms with Crippen LogP contribution in [0.4, 0.5) is 0 Å². The van der Waals surface area contributed by atoms with Crippen LogP contribution in [0.5, 0.6) is 0 Å². The quantitative estimate of drug-likeness (QED) is 0.188. The number of hydrogen-bond donors (Lipinski definition) is 9. The highest BCUT2D eigenvalue weighted by Gasteiger charge is 2.40. The van der Waals surface area contributed by atoms with E-state index in [0.717, 1.165) is 0 Å². The van der Waals surface area contributed by atoms with Gasteiger partial charge in [-0.25, -0.2) is 0 Å². The first-order valence-corrected chi connectivity index (χ1v) is 6.33. The van der Waals surface area contributed by atoms with Crippen LogP contribution in [-0.2, 0) is 0 Å². The summed E-state index contributed by atoms with van der Waals surface area (Å²) in [5.74, 6) is -0.449. The molecule has 0 aliphatic heterocycles. The van der Waals surface area contributed by atoms with Crippen molar-refractivity contribution in [3.8, 4) is 0 Å². The summed E-state index contributed by atoms with van der Waals surface area (Å²) in [6.45, 7) is -0.906. The second kappa shape index (κ2) is 9.05. The lowest BCUT2D eigenvalue weighted by Gasteiger charge is -2.32. The third kappa shape index (κ3) is 5.04. The summed E-state index contributed by atoms with van der Waals surface area (Å²) in [7, 11) is 0. The molecule has 0 bridgehead atoms. The molecule has 0 aromatic rings. The molecule has 0 fully saturated rings. The Morgan fingerprint density at radius 2 is 0.850 bits per heavy atom. The van der Waals surface area contributed by atoms with E-state index in [2.05, 4.69) is 0 Å². The number of aliphatic hydroxyl groups excluding tert-OH is 9. The van der Waals surface area contributed by atoms with Crippen molar-refractivity contribution in [3.63, 3.8) is 0 Å². The molecule has 0 aromatic carbocycles. The third-order valence-corrected chi connectivity index (χ3v) is 3.20. The van der Waals surface area contributed by atoms with Gasteiger partial charge in [0.05, 0.1) is 18.6 Å². The van der Waals surface area contributed by atoms with Crippen molar-refractivity contribution in [1.29, 1.82) is 0 Å². The van der Waals surface area contributed by atoms with Gasteiger partial charge in [-0.2, -0.15) is 0 Å². The zero-order valence-electron chi connectivity index (χ0n) is 10.4. The molecule has 122 valence electrons. The van der Waals surface area contributed by atoms with E-state index in [0.29, 0.717) is 0 Å². The van der Waals surface area contributed by atoms with Gasteiger partial charge < -0.3 is 46.0 Å². The largest absolute Gasteiger partial charge is 0.394 e. The molecule has 0 saturated heterocycles. The van der Waals surface area contributed by atoms with Gasteiger partial charge in [0.15, 0.2) is 0 Å². The van der Waals surface area contributed by atoms with Gasteiger partial charge in [0.25, 0.3) is 0 Å². The highest BCUT2D eigenvalue weighted by atomic mass is 35.5. The van der Waals surface area contributed by atoms with Crippen LogP contribution in [0.15, 0.2) is 0 Å². The standard InChI is InChI=1S/C10H21ClO9/c11-1-3(13)5(15)7(17)9(19)10(20)8(18)6(16)4(14)2-12/h3-10,12-20H,1-2H2. The van der Waals surface area contributed by atoms with Gasteiger partial charge in [-0.05, 0) is 0 Å². The predicted octanol–water partition coefficient (Wildman–Crippen LogP) is -4.90. The first-order chi connectivity index (χ1) is 9.18. The Hall–Kier alpha value is -0.0700. The number of hydrogen-bond acceptors (Lipinski definition) is 9. The van der Waals surface area contributed by atoms with Crippen molar-refractivity contribution >= 4 is 11.6 Å². The summed E-state index contributed by atoms with van der Waals surface area (Å²) in [6, 6.07) is 0. The molecule has 0 radical (unpaired) electrons. The summed E-state index contributed by atoms with van der Waals surface area (Å²) < 4.78 is 0. The van der Waals surface area contributed by atoms with E-state index in [4.69, 9.17) is 21.8 Å². The molecule has 0 aliphatic rings. The van der Waals surface area contributed by atoms with Crippen LogP contribution < -0.4 is 0 Å². The Kier molecular flexibility index (Phi) is 9.02. The summed E-state index contributed by atoms with van der Waals surface area (Å²) in [6.07, 6.45) is -15.7. The van der Waals surface area contributed by atoms with Gasteiger partial charge in [0.1, 0.15) is 42.7 Å². The Morgan fingerprint density at radius 1 is 0.550 bits per heavy atom. The molecule has 0 heterocycles. The fourth-order valence-corrected chi connectivity index (χ4v) is 1.65. The van der Waals surface area contributed by atoms with Gasteiger partial charge in [-0.1, -0.05) is 0 Å². The van der Waals surface area contributed by atoms with Crippen molar-refractivity contribution < 1.29 is 46.0 Å². The predicted molar refractivity (Wildman–Crippen MR) is 65.9 cm³/mol. The van der Waals surface area contributed by atoms with Crippen LogP contribution in [0.1, 0.15) is 0 Å². The molecule has 9 N–H and O–H groups in total. The summed E-state index contributed by atoms with van der Waals surface area (Å²) in [5.41, 5.74) is 0. The number of halogens is 1. The minimum Gasteiger partial charge on any atom is -0.394 e. The van der Waals surface area contributed by atoms with Crippen LogP contribution in [0.3, 0.4) is 0 Å². The second-order valence-corrected chi connectivity index (χ2v) is 4.72. The molecule has 8 atom stereocenters. The summed E-state index contributed by atoms with van der Waals surface area (Å²) in [4.78, 5) is 0. The van der Waals surface area contributed by atoms with Crippen LogP contribution >= 0.6 is 11.6 Å². The minimum atomic E-state index is -2.15. The lowest BCUT2D eigenvalue weighted by molar-refractivity contribution is -0.177. The van der Waals surface area contributed by atoms with Crippen molar-refractivity contribution in [3.05, 3.63) is 0 Å². The highest BCUT2D eigenvalue weighted by Crippen LogP contribution is 2.14. The van der Waals surface area contributed by atoms with Gasteiger partial charge in [0, 0.05) is 0 Å². The Bertz CT molecular complexity index is 243. The van der Waals surface area contributed by atoms with Crippen LogP contribution in [-0.4, -0.2) is 107 Å². The molecule has 0 aliphatic carbocycles. The van der Waals surface area contributed by atoms with Crippen LogP contribution in [0.2, 0.25) is 0 Å². The van der Waals surface area contributed by atoms with Gasteiger partial charge in [0.2, 0.25) is 0 Å². The fourth-order valence-electron chi connectivity index (χ4n) is 1.46. The first kappa shape index (κ1) is 19.9. The smallest absolute Gasteiger partial charge is 0.111 e. The molecule has 0 spiro atoms. The van der Waals surface area contributed by atoms with Crippen molar-refractivity contribution in [1.82, 2.24) is 0 Å². The zero-order valence-corrected chi connectivity index (χ0v) is 11.2. The molecule has 10 heteroatoms. The summed E-state index contributed by atoms with van der Waals surface area (Å²) in [5, 5.41) is 83.6. The minimum absolute atomic E-state index is 0.449. The van der Waals surface area contributed by atoms with Crippen molar-refractivity contribution in [2.45, 2.75) is 48.8 Å². The van der Waals surface area contributed by atoms with Gasteiger partial charge >= 0.3 is 0 Å². The molecule has 0 rings (SSSR count). The Balaban J connectivity index is 4.71. The van der Waals surface area contributed by atoms with E-state index in [1.54, 1.807) is 0 Å². The molecule has 0 saturated carbocycles. The van der Waals surface area contributed by atoms with E-state index in [1.807, 2.05) is 0 Å². The summed E-state index contributed by atoms with van der Waals surface area (Å²) >= 11 is 5.23. The molecule has 8 unspecified atom stereocenters. The maximum absolute atomic E-state index is 9.55. The maximum Gasteiger partial charge on any atom is 0.111 e. The first-order valence-electron chi connectivity index (χ1n) is 5.80. The lowest BCUT2D eigenvalue weighted by atomic mass is 9.93. The van der Waals surface area contributed by atoms with E-state index in [1.165, 1.54) is 0 Å². The van der Waals surface area contributed by atoms with E-state index in [9.17, 15) is 35.7 Å². The molecule has 0 amide bonds. The number of aliphatic hydroxyl groups is 9. The molecule has 20 heavy (non-hydrogen) atoms. The number of rotatable bonds is 9. The lowest BCUT2D eigenvalue weighted by Crippen LogP contribution is -2.56. The molecule has 0 aromatic heterocycles. The molecular formula is C10H21ClO9. The molecular weight excluding hydrogens is 300 g/mol. The average molecular weight is 321 g/mol.